The van der Waals surface area contributed by atoms with E-state index < -0.39 is 11.9 Å². The molecule has 0 atom stereocenters. The molecule has 6 nitrogen and oxygen atoms in total. The number of nitrogens with zero attached hydrogens (tertiary/aromatic N) is 1. The molecule has 82 valence electrons. The van der Waals surface area contributed by atoms with Gasteiger partial charge in [0.05, 0.1) is 6.42 Å². The highest BCUT2D eigenvalue weighted by Crippen LogP contribution is 2.10. The minimum Gasteiger partial charge on any atom is -0.481 e. The van der Waals surface area contributed by atoms with Crippen LogP contribution in [0.2, 0.25) is 0 Å². The number of hydrogen-bond donors (Lipinski definition) is 2. The Bertz CT molecular complexity index is 313. The Hall–Kier alpha value is -1.50. The van der Waals surface area contributed by atoms with Crippen molar-refractivity contribution < 1.29 is 19.5 Å². The molecule has 0 aromatic rings. The lowest BCUT2D eigenvalue weighted by atomic mass is 10.3. The fourth-order valence-corrected chi connectivity index (χ4v) is 1.35. The van der Waals surface area contributed by atoms with E-state index in [0.717, 1.165) is 5.01 Å². The van der Waals surface area contributed by atoms with E-state index in [1.165, 1.54) is 0 Å². The fourth-order valence-electron chi connectivity index (χ4n) is 1.10. The van der Waals surface area contributed by atoms with Crippen molar-refractivity contribution in [3.05, 3.63) is 0 Å². The second kappa shape index (κ2) is 4.83. The van der Waals surface area contributed by atoms with Gasteiger partial charge in [-0.1, -0.05) is 12.2 Å². The van der Waals surface area contributed by atoms with Gasteiger partial charge in [0.25, 0.3) is 0 Å². The van der Waals surface area contributed by atoms with Crippen LogP contribution in [0.4, 0.5) is 0 Å². The Morgan fingerprint density at radius 1 is 1.40 bits per heavy atom. The van der Waals surface area contributed by atoms with Gasteiger partial charge in [-0.25, -0.2) is 5.01 Å². The van der Waals surface area contributed by atoms with Gasteiger partial charge < -0.3 is 5.11 Å². The Morgan fingerprint density at radius 3 is 2.53 bits per heavy atom. The van der Waals surface area contributed by atoms with Crippen molar-refractivity contribution in [2.24, 2.45) is 0 Å². The van der Waals surface area contributed by atoms with Crippen LogP contribution in [0, 0.1) is 0 Å². The molecule has 0 aromatic heterocycles. The van der Waals surface area contributed by atoms with Gasteiger partial charge in [-0.15, -0.1) is 0 Å². The molecule has 15 heavy (non-hydrogen) atoms. The zero-order valence-electron chi connectivity index (χ0n) is 7.86. The number of carbonyl (C=O) groups excluding carboxylic acids is 2. The highest BCUT2D eigenvalue weighted by molar-refractivity contribution is 7.80. The van der Waals surface area contributed by atoms with Gasteiger partial charge >= 0.3 is 5.97 Å². The predicted molar refractivity (Wildman–Crippen MR) is 53.7 cm³/mol. The maximum absolute atomic E-state index is 11.2. The first kappa shape index (κ1) is 11.6. The van der Waals surface area contributed by atoms with E-state index >= 15 is 0 Å². The minimum absolute atomic E-state index is 0.165. The van der Waals surface area contributed by atoms with E-state index in [-0.39, 0.29) is 25.2 Å². The molecule has 0 spiro atoms. The molecule has 0 bridgehead atoms. The van der Waals surface area contributed by atoms with Crippen molar-refractivity contribution in [3.8, 4) is 0 Å². The fraction of sp³-hybridized carbons (Fsp3) is 0.500. The van der Waals surface area contributed by atoms with Gasteiger partial charge in [0.2, 0.25) is 11.8 Å². The second-order valence-corrected chi connectivity index (χ2v) is 3.52. The maximum atomic E-state index is 11.2. The largest absolute Gasteiger partial charge is 0.481 e. The monoisotopic (exact) mass is 230 g/mol. The van der Waals surface area contributed by atoms with Crippen LogP contribution in [0.3, 0.4) is 0 Å². The summed E-state index contributed by atoms with van der Waals surface area (Å²) in [6, 6.07) is 0. The standard InChI is InChI=1S/C8H10N2O4S/c11-5(1-4-8(13)14)9-10-6(12)2-3-7(10)15/h1-4H2,(H,9,11)(H,13,14). The number of carboxylic acid groups (broad SMARTS) is 1. The van der Waals surface area contributed by atoms with E-state index in [4.69, 9.17) is 17.3 Å². The molecule has 0 unspecified atom stereocenters. The third-order valence-corrected chi connectivity index (χ3v) is 2.24. The van der Waals surface area contributed by atoms with E-state index in [1.54, 1.807) is 0 Å². The summed E-state index contributed by atoms with van der Waals surface area (Å²) in [7, 11) is 0. The number of aliphatic carboxylic acids is 1. The van der Waals surface area contributed by atoms with Gasteiger partial charge in [-0.2, -0.15) is 0 Å². The molecule has 0 radical (unpaired) electrons. The van der Waals surface area contributed by atoms with Crippen molar-refractivity contribution >= 4 is 35.0 Å². The van der Waals surface area contributed by atoms with Crippen LogP contribution in [0.25, 0.3) is 0 Å². The van der Waals surface area contributed by atoms with Crippen LogP contribution in [-0.2, 0) is 14.4 Å². The molecule has 7 heteroatoms. The van der Waals surface area contributed by atoms with Gasteiger partial charge in [-0.05, 0) is 0 Å². The molecule has 0 aromatic carbocycles. The van der Waals surface area contributed by atoms with Crippen molar-refractivity contribution in [2.45, 2.75) is 25.7 Å². The Labute approximate surface area is 91.2 Å². The van der Waals surface area contributed by atoms with Crippen molar-refractivity contribution in [1.29, 1.82) is 0 Å². The molecule has 1 aliphatic heterocycles. The van der Waals surface area contributed by atoms with Crippen LogP contribution in [-0.4, -0.2) is 32.9 Å². The highest BCUT2D eigenvalue weighted by atomic mass is 32.1. The summed E-state index contributed by atoms with van der Waals surface area (Å²) >= 11 is 4.85. The molecule has 1 saturated heterocycles. The van der Waals surface area contributed by atoms with Gasteiger partial charge in [-0.3, -0.25) is 19.8 Å². The van der Waals surface area contributed by atoms with Gasteiger partial charge in [0.15, 0.2) is 0 Å². The van der Waals surface area contributed by atoms with E-state index in [0.29, 0.717) is 11.4 Å². The van der Waals surface area contributed by atoms with Gasteiger partial charge in [0, 0.05) is 19.3 Å². The Morgan fingerprint density at radius 2 is 2.07 bits per heavy atom. The summed E-state index contributed by atoms with van der Waals surface area (Å²) in [5, 5.41) is 9.35. The second-order valence-electron chi connectivity index (χ2n) is 3.05. The summed E-state index contributed by atoms with van der Waals surface area (Å²) < 4.78 is 0. The molecule has 0 saturated carbocycles. The normalized spacial score (nSPS) is 15.6. The first-order chi connectivity index (χ1) is 7.00. The van der Waals surface area contributed by atoms with Gasteiger partial charge in [0.1, 0.15) is 4.99 Å². The Kier molecular flexibility index (Phi) is 3.73. The molecule has 1 aliphatic rings. The molecule has 1 rings (SSSR count). The average Bonchev–Trinajstić information content (AvgIpc) is 2.46. The first-order valence-corrected chi connectivity index (χ1v) is 4.78. The minimum atomic E-state index is -1.06. The third-order valence-electron chi connectivity index (χ3n) is 1.85. The van der Waals surface area contributed by atoms with Crippen molar-refractivity contribution in [1.82, 2.24) is 10.4 Å². The lowest BCUT2D eigenvalue weighted by molar-refractivity contribution is -0.140. The average molecular weight is 230 g/mol. The van der Waals surface area contributed by atoms with Crippen LogP contribution >= 0.6 is 12.2 Å². The zero-order chi connectivity index (χ0) is 11.4. The van der Waals surface area contributed by atoms with E-state index in [2.05, 4.69) is 5.43 Å². The lowest BCUT2D eigenvalue weighted by Crippen LogP contribution is -2.44. The van der Waals surface area contributed by atoms with E-state index in [1.807, 2.05) is 0 Å². The maximum Gasteiger partial charge on any atom is 0.303 e. The molecule has 1 heterocycles. The van der Waals surface area contributed by atoms with Crippen LogP contribution in [0.1, 0.15) is 25.7 Å². The highest BCUT2D eigenvalue weighted by Gasteiger charge is 2.27. The number of rotatable bonds is 4. The number of carbonyl (C=O) groups is 3. The van der Waals surface area contributed by atoms with Crippen LogP contribution in [0.15, 0.2) is 0 Å². The Balaban J connectivity index is 2.40. The molecule has 1 fully saturated rings. The molecular formula is C8H10N2O4S. The number of hydrazine groups is 1. The number of hydrogen-bond acceptors (Lipinski definition) is 4. The van der Waals surface area contributed by atoms with Crippen LogP contribution < -0.4 is 5.43 Å². The van der Waals surface area contributed by atoms with Crippen molar-refractivity contribution in [3.63, 3.8) is 0 Å². The summed E-state index contributed by atoms with van der Waals surface area (Å²) in [5.41, 5.74) is 2.27. The molecule has 2 N–H and O–H groups in total. The summed E-state index contributed by atoms with van der Waals surface area (Å²) in [4.78, 5) is 32.9. The van der Waals surface area contributed by atoms with Crippen LogP contribution in [0.5, 0.6) is 0 Å². The third kappa shape index (κ3) is 3.28. The first-order valence-electron chi connectivity index (χ1n) is 4.38. The lowest BCUT2D eigenvalue weighted by Gasteiger charge is -2.16. The quantitative estimate of drug-likeness (QED) is 0.655. The zero-order valence-corrected chi connectivity index (χ0v) is 8.67. The number of nitrogens with one attached hydrogen (secondary N) is 1. The predicted octanol–water partition coefficient (Wildman–Crippen LogP) is -0.168. The smallest absolute Gasteiger partial charge is 0.303 e. The summed E-state index contributed by atoms with van der Waals surface area (Å²) in [5.74, 6) is -1.83. The van der Waals surface area contributed by atoms with E-state index in [9.17, 15) is 14.4 Å². The number of thiocarbonyl (C=S) groups is 1. The summed E-state index contributed by atoms with van der Waals surface area (Å²) in [6.45, 7) is 0. The number of amides is 2. The topological polar surface area (TPSA) is 86.7 Å². The molecule has 0 aliphatic carbocycles. The molecular weight excluding hydrogens is 220 g/mol. The molecule has 2 amide bonds. The van der Waals surface area contributed by atoms with Crippen molar-refractivity contribution in [2.75, 3.05) is 0 Å². The number of carboxylic acids is 1. The summed E-state index contributed by atoms with van der Waals surface area (Å²) in [6.07, 6.45) is 0.313. The SMILES string of the molecule is O=C(O)CCC(=O)NN1C(=O)CCC1=S.